The molecule has 1 unspecified atom stereocenters. The molecule has 180 valence electrons. The molecule has 1 N–H and O–H groups in total. The molecule has 0 saturated carbocycles. The van der Waals surface area contributed by atoms with Crippen molar-refractivity contribution in [2.24, 2.45) is 0 Å². The number of aliphatic hydroxyl groups excluding tert-OH is 1. The van der Waals surface area contributed by atoms with E-state index in [4.69, 9.17) is 44.3 Å². The number of carbonyl (C=O) groups excluding carboxylic acids is 2. The summed E-state index contributed by atoms with van der Waals surface area (Å²) in [6, 6.07) is 11.8. The number of Topliss-reactive ketones (excluding diaryl/α,β-unsaturated/α-hetero) is 1. The molecule has 10 heteroatoms. The summed E-state index contributed by atoms with van der Waals surface area (Å²) in [5.41, 5.74) is 0.483. The van der Waals surface area contributed by atoms with Crippen LogP contribution in [-0.2, 0) is 9.59 Å². The molecule has 35 heavy (non-hydrogen) atoms. The number of carbonyl (C=O) groups is 2. The Morgan fingerprint density at radius 3 is 2.17 bits per heavy atom. The zero-order valence-electron chi connectivity index (χ0n) is 18.3. The normalized spacial score (nSPS) is 17.1. The van der Waals surface area contributed by atoms with E-state index in [9.17, 15) is 19.1 Å². The number of amides is 1. The molecule has 3 aromatic rings. The minimum Gasteiger partial charge on any atom is -0.507 e. The van der Waals surface area contributed by atoms with Gasteiger partial charge in [0.2, 0.25) is 0 Å². The van der Waals surface area contributed by atoms with E-state index in [1.165, 1.54) is 38.5 Å². The smallest absolute Gasteiger partial charge is 0.300 e. The van der Waals surface area contributed by atoms with Crippen LogP contribution in [-0.4, -0.2) is 31.0 Å². The van der Waals surface area contributed by atoms with Gasteiger partial charge in [0.15, 0.2) is 0 Å². The van der Waals surface area contributed by atoms with E-state index in [2.05, 4.69) is 0 Å². The van der Waals surface area contributed by atoms with Gasteiger partial charge in [0, 0.05) is 16.8 Å². The summed E-state index contributed by atoms with van der Waals surface area (Å²) in [5.74, 6) is -2.65. The summed E-state index contributed by atoms with van der Waals surface area (Å²) >= 11 is 18.2. The number of aliphatic hydroxyl groups is 1. The Hall–Kier alpha value is -3.26. The number of rotatable bonds is 5. The number of methoxy groups -OCH3 is 2. The van der Waals surface area contributed by atoms with E-state index in [0.29, 0.717) is 10.6 Å². The Kier molecular flexibility index (Phi) is 6.94. The molecule has 0 bridgehead atoms. The minimum absolute atomic E-state index is 0.0763. The minimum atomic E-state index is -1.08. The third kappa shape index (κ3) is 4.43. The lowest BCUT2D eigenvalue weighted by Crippen LogP contribution is -2.29. The highest BCUT2D eigenvalue weighted by Gasteiger charge is 2.47. The van der Waals surface area contributed by atoms with E-state index >= 15 is 0 Å². The van der Waals surface area contributed by atoms with Crippen molar-refractivity contribution in [2.45, 2.75) is 6.04 Å². The van der Waals surface area contributed by atoms with Crippen molar-refractivity contribution < 1.29 is 28.6 Å². The Labute approximate surface area is 215 Å². The maximum absolute atomic E-state index is 13.8. The highest BCUT2D eigenvalue weighted by Crippen LogP contribution is 2.45. The molecule has 1 aliphatic rings. The van der Waals surface area contributed by atoms with Gasteiger partial charge < -0.3 is 14.6 Å². The molecule has 0 aliphatic carbocycles. The van der Waals surface area contributed by atoms with Crippen LogP contribution in [0.4, 0.5) is 10.1 Å². The molecule has 1 saturated heterocycles. The SMILES string of the molecule is COc1cc(OC)c(/C(O)=C2\C(=O)C(=O)N(c3ccc(F)c(Cl)c3)C2c2ccc(Cl)cc2)cc1Cl. The molecule has 0 aromatic heterocycles. The van der Waals surface area contributed by atoms with E-state index in [-0.39, 0.29) is 38.4 Å². The summed E-state index contributed by atoms with van der Waals surface area (Å²) in [6.45, 7) is 0. The number of hydrogen-bond acceptors (Lipinski definition) is 5. The van der Waals surface area contributed by atoms with Crippen LogP contribution in [0.25, 0.3) is 5.76 Å². The average molecular weight is 537 g/mol. The summed E-state index contributed by atoms with van der Waals surface area (Å²) in [5, 5.41) is 11.7. The van der Waals surface area contributed by atoms with Gasteiger partial charge in [0.05, 0.1) is 41.4 Å². The molecular weight excluding hydrogens is 520 g/mol. The second-order valence-electron chi connectivity index (χ2n) is 7.51. The van der Waals surface area contributed by atoms with Gasteiger partial charge in [-0.25, -0.2) is 4.39 Å². The fourth-order valence-corrected chi connectivity index (χ4v) is 4.43. The summed E-state index contributed by atoms with van der Waals surface area (Å²) in [6.07, 6.45) is 0. The van der Waals surface area contributed by atoms with Crippen LogP contribution >= 0.6 is 34.8 Å². The van der Waals surface area contributed by atoms with Crippen LogP contribution in [0.15, 0.2) is 60.2 Å². The monoisotopic (exact) mass is 535 g/mol. The molecule has 0 radical (unpaired) electrons. The Bertz CT molecular complexity index is 1370. The predicted molar refractivity (Wildman–Crippen MR) is 132 cm³/mol. The molecule has 1 fully saturated rings. The Morgan fingerprint density at radius 2 is 1.57 bits per heavy atom. The van der Waals surface area contributed by atoms with Crippen LogP contribution in [0.3, 0.4) is 0 Å². The first kappa shape index (κ1) is 24.9. The molecule has 3 aromatic carbocycles. The van der Waals surface area contributed by atoms with Crippen molar-refractivity contribution in [3.63, 3.8) is 0 Å². The fraction of sp³-hybridized carbons (Fsp3) is 0.120. The second-order valence-corrected chi connectivity index (χ2v) is 8.76. The summed E-state index contributed by atoms with van der Waals surface area (Å²) < 4.78 is 24.4. The summed E-state index contributed by atoms with van der Waals surface area (Å²) in [7, 11) is 2.79. The number of benzene rings is 3. The average Bonchev–Trinajstić information content (AvgIpc) is 3.11. The third-order valence-electron chi connectivity index (χ3n) is 5.54. The van der Waals surface area contributed by atoms with E-state index < -0.39 is 29.3 Å². The quantitative estimate of drug-likeness (QED) is 0.231. The van der Waals surface area contributed by atoms with Crippen molar-refractivity contribution in [3.8, 4) is 11.5 Å². The van der Waals surface area contributed by atoms with Crippen molar-refractivity contribution in [2.75, 3.05) is 19.1 Å². The van der Waals surface area contributed by atoms with Crippen LogP contribution in [0, 0.1) is 5.82 Å². The Balaban J connectivity index is 1.99. The molecule has 1 heterocycles. The zero-order valence-corrected chi connectivity index (χ0v) is 20.6. The zero-order chi connectivity index (χ0) is 25.4. The molecule has 1 amide bonds. The molecule has 0 spiro atoms. The van der Waals surface area contributed by atoms with E-state index in [1.54, 1.807) is 24.3 Å². The van der Waals surface area contributed by atoms with Gasteiger partial charge in [-0.3, -0.25) is 14.5 Å². The topological polar surface area (TPSA) is 76.1 Å². The van der Waals surface area contributed by atoms with E-state index in [0.717, 1.165) is 11.0 Å². The number of nitrogens with zero attached hydrogens (tertiary/aromatic N) is 1. The first-order chi connectivity index (χ1) is 16.7. The number of hydrogen-bond donors (Lipinski definition) is 1. The maximum Gasteiger partial charge on any atom is 0.300 e. The highest BCUT2D eigenvalue weighted by atomic mass is 35.5. The molecule has 1 aliphatic heterocycles. The van der Waals surface area contributed by atoms with Crippen molar-refractivity contribution in [3.05, 3.63) is 92.2 Å². The van der Waals surface area contributed by atoms with Gasteiger partial charge in [-0.1, -0.05) is 46.9 Å². The summed E-state index contributed by atoms with van der Waals surface area (Å²) in [4.78, 5) is 27.6. The fourth-order valence-electron chi connectivity index (χ4n) is 3.88. The number of halogens is 4. The van der Waals surface area contributed by atoms with Gasteiger partial charge in [-0.2, -0.15) is 0 Å². The number of ketones is 1. The van der Waals surface area contributed by atoms with Gasteiger partial charge in [0.1, 0.15) is 23.1 Å². The van der Waals surface area contributed by atoms with E-state index in [1.807, 2.05) is 0 Å². The lowest BCUT2D eigenvalue weighted by atomic mass is 9.94. The van der Waals surface area contributed by atoms with Crippen molar-refractivity contribution in [1.82, 2.24) is 0 Å². The van der Waals surface area contributed by atoms with Gasteiger partial charge in [-0.15, -0.1) is 0 Å². The van der Waals surface area contributed by atoms with Crippen LogP contribution in [0.2, 0.25) is 15.1 Å². The molecule has 6 nitrogen and oxygen atoms in total. The largest absolute Gasteiger partial charge is 0.507 e. The maximum atomic E-state index is 13.8. The third-order valence-corrected chi connectivity index (χ3v) is 6.38. The molecular formula is C25H17Cl3FNO5. The molecule has 1 atom stereocenters. The number of anilines is 1. The predicted octanol–water partition coefficient (Wildman–Crippen LogP) is 6.43. The standard InChI is InChI=1S/C25H17Cl3FNO5/c1-34-19-11-20(35-2)17(28)10-15(19)23(31)21-22(12-3-5-13(26)6-4-12)30(25(33)24(21)32)14-7-8-18(29)16(27)9-14/h3-11,22,31H,1-2H3/b23-21+. The van der Waals surface area contributed by atoms with Crippen LogP contribution in [0.5, 0.6) is 11.5 Å². The lowest BCUT2D eigenvalue weighted by Gasteiger charge is -2.26. The second kappa shape index (κ2) is 9.77. The highest BCUT2D eigenvalue weighted by molar-refractivity contribution is 6.52. The van der Waals surface area contributed by atoms with Gasteiger partial charge >= 0.3 is 0 Å². The van der Waals surface area contributed by atoms with Crippen molar-refractivity contribution in [1.29, 1.82) is 0 Å². The van der Waals surface area contributed by atoms with Gasteiger partial charge in [0.25, 0.3) is 11.7 Å². The first-order valence-corrected chi connectivity index (χ1v) is 11.2. The van der Waals surface area contributed by atoms with Crippen LogP contribution < -0.4 is 14.4 Å². The first-order valence-electron chi connectivity index (χ1n) is 10.1. The van der Waals surface area contributed by atoms with Crippen LogP contribution in [0.1, 0.15) is 17.2 Å². The van der Waals surface area contributed by atoms with Crippen molar-refractivity contribution >= 4 is 57.9 Å². The lowest BCUT2D eigenvalue weighted by molar-refractivity contribution is -0.132. The Morgan fingerprint density at radius 1 is 0.914 bits per heavy atom. The van der Waals surface area contributed by atoms with Gasteiger partial charge in [-0.05, 0) is 42.0 Å². The number of ether oxygens (including phenoxy) is 2. The molecule has 4 rings (SSSR count).